The molecule has 82 valence electrons. The van der Waals surface area contributed by atoms with Gasteiger partial charge in [-0.15, -0.1) is 0 Å². The van der Waals surface area contributed by atoms with Crippen LogP contribution in [0.5, 0.6) is 0 Å². The number of hydrogen-bond donors (Lipinski definition) is 1. The Morgan fingerprint density at radius 2 is 1.81 bits per heavy atom. The van der Waals surface area contributed by atoms with Crippen molar-refractivity contribution in [3.05, 3.63) is 40.6 Å². The first kappa shape index (κ1) is 11.2. The lowest BCUT2D eigenvalue weighted by molar-refractivity contribution is 1.17. The molecule has 0 unspecified atom stereocenters. The average Bonchev–Trinajstić information content (AvgIpc) is 2.29. The lowest BCUT2D eigenvalue weighted by Gasteiger charge is -2.04. The quantitative estimate of drug-likeness (QED) is 0.891. The van der Waals surface area contributed by atoms with Crippen molar-refractivity contribution in [3.8, 4) is 11.4 Å². The summed E-state index contributed by atoms with van der Waals surface area (Å²) in [5, 5.41) is 4.09. The minimum Gasteiger partial charge on any atom is -0.386 e. The van der Waals surface area contributed by atoms with Gasteiger partial charge in [-0.1, -0.05) is 23.2 Å². The summed E-state index contributed by atoms with van der Waals surface area (Å²) >= 11 is 11.9. The highest BCUT2D eigenvalue weighted by atomic mass is 35.5. The van der Waals surface area contributed by atoms with Crippen molar-refractivity contribution < 1.29 is 0 Å². The molecule has 0 atom stereocenters. The van der Waals surface area contributed by atoms with Gasteiger partial charge in [-0.05, 0) is 18.2 Å². The van der Waals surface area contributed by atoms with Crippen molar-refractivity contribution in [3.63, 3.8) is 0 Å². The van der Waals surface area contributed by atoms with Gasteiger partial charge in [-0.3, -0.25) is 0 Å². The molecular weight excluding hydrogens is 245 g/mol. The third-order valence-corrected chi connectivity index (χ3v) is 2.66. The summed E-state index contributed by atoms with van der Waals surface area (Å²) in [5.74, 6) is 0.584. The van der Waals surface area contributed by atoms with E-state index in [0.717, 1.165) is 11.3 Å². The lowest BCUT2D eigenvalue weighted by Crippen LogP contribution is -1.93. The van der Waals surface area contributed by atoms with Crippen LogP contribution in [0.25, 0.3) is 11.4 Å². The van der Waals surface area contributed by atoms with E-state index in [1.165, 1.54) is 0 Å². The zero-order valence-electron chi connectivity index (χ0n) is 8.54. The minimum absolute atomic E-state index is 0.546. The van der Waals surface area contributed by atoms with Crippen LogP contribution >= 0.6 is 23.2 Å². The third kappa shape index (κ3) is 2.26. The SMILES string of the molecule is CNc1cnc(-c2ccc(Cl)cc2Cl)nc1. The van der Waals surface area contributed by atoms with Crippen LogP contribution in [0, 0.1) is 0 Å². The fourth-order valence-electron chi connectivity index (χ4n) is 1.27. The Labute approximate surface area is 103 Å². The highest BCUT2D eigenvalue weighted by Gasteiger charge is 2.06. The Bertz CT molecular complexity index is 497. The smallest absolute Gasteiger partial charge is 0.160 e. The number of anilines is 1. The number of rotatable bonds is 2. The lowest BCUT2D eigenvalue weighted by atomic mass is 10.2. The summed E-state index contributed by atoms with van der Waals surface area (Å²) in [6.45, 7) is 0. The second-order valence-corrected chi connectivity index (χ2v) is 4.01. The molecule has 2 aromatic rings. The molecule has 1 aromatic carbocycles. The largest absolute Gasteiger partial charge is 0.386 e. The van der Waals surface area contributed by atoms with Gasteiger partial charge in [-0.2, -0.15) is 0 Å². The summed E-state index contributed by atoms with van der Waals surface area (Å²) in [5.41, 5.74) is 1.63. The standard InChI is InChI=1S/C11H9Cl2N3/c1-14-8-5-15-11(16-6-8)9-3-2-7(12)4-10(9)13/h2-6,14H,1H3. The summed E-state index contributed by atoms with van der Waals surface area (Å²) < 4.78 is 0. The Balaban J connectivity index is 2.42. The third-order valence-electron chi connectivity index (χ3n) is 2.11. The van der Waals surface area contributed by atoms with Crippen LogP contribution in [0.2, 0.25) is 10.0 Å². The Hall–Kier alpha value is -1.32. The van der Waals surface area contributed by atoms with Gasteiger partial charge in [0.05, 0.1) is 23.1 Å². The molecule has 16 heavy (non-hydrogen) atoms. The van der Waals surface area contributed by atoms with Crippen molar-refractivity contribution in [2.45, 2.75) is 0 Å². The van der Waals surface area contributed by atoms with Gasteiger partial charge in [0.1, 0.15) is 0 Å². The minimum atomic E-state index is 0.546. The van der Waals surface area contributed by atoms with E-state index in [-0.39, 0.29) is 0 Å². The molecule has 1 heterocycles. The topological polar surface area (TPSA) is 37.8 Å². The summed E-state index contributed by atoms with van der Waals surface area (Å²) in [7, 11) is 1.81. The molecule has 3 nitrogen and oxygen atoms in total. The Morgan fingerprint density at radius 1 is 1.12 bits per heavy atom. The molecule has 0 radical (unpaired) electrons. The van der Waals surface area contributed by atoms with E-state index in [1.807, 2.05) is 7.05 Å². The predicted molar refractivity (Wildman–Crippen MR) is 67.0 cm³/mol. The van der Waals surface area contributed by atoms with Crippen molar-refractivity contribution in [2.24, 2.45) is 0 Å². The molecule has 0 aliphatic rings. The fraction of sp³-hybridized carbons (Fsp3) is 0.0909. The van der Waals surface area contributed by atoms with Gasteiger partial charge in [0, 0.05) is 17.6 Å². The molecule has 5 heteroatoms. The zero-order valence-corrected chi connectivity index (χ0v) is 10.0. The van der Waals surface area contributed by atoms with Crippen LogP contribution in [0.15, 0.2) is 30.6 Å². The van der Waals surface area contributed by atoms with Crippen molar-refractivity contribution in [2.75, 3.05) is 12.4 Å². The molecule has 2 rings (SSSR count). The van der Waals surface area contributed by atoms with E-state index in [2.05, 4.69) is 15.3 Å². The molecule has 0 bridgehead atoms. The molecule has 0 amide bonds. The van der Waals surface area contributed by atoms with Crippen molar-refractivity contribution in [1.82, 2.24) is 9.97 Å². The monoisotopic (exact) mass is 253 g/mol. The zero-order chi connectivity index (χ0) is 11.5. The number of nitrogens with zero attached hydrogens (tertiary/aromatic N) is 2. The first-order valence-electron chi connectivity index (χ1n) is 4.66. The maximum atomic E-state index is 6.06. The van der Waals surface area contributed by atoms with E-state index >= 15 is 0 Å². The fourth-order valence-corrected chi connectivity index (χ4v) is 1.76. The van der Waals surface area contributed by atoms with Crippen molar-refractivity contribution in [1.29, 1.82) is 0 Å². The van der Waals surface area contributed by atoms with Crippen LogP contribution in [0.3, 0.4) is 0 Å². The molecule has 0 saturated heterocycles. The van der Waals surface area contributed by atoms with Gasteiger partial charge in [0.25, 0.3) is 0 Å². The predicted octanol–water partition coefficient (Wildman–Crippen LogP) is 3.49. The van der Waals surface area contributed by atoms with E-state index in [0.29, 0.717) is 15.9 Å². The van der Waals surface area contributed by atoms with Gasteiger partial charge < -0.3 is 5.32 Å². The number of nitrogens with one attached hydrogen (secondary N) is 1. The number of benzene rings is 1. The van der Waals surface area contributed by atoms with Crippen LogP contribution in [-0.2, 0) is 0 Å². The molecule has 1 aromatic heterocycles. The number of hydrogen-bond acceptors (Lipinski definition) is 3. The maximum Gasteiger partial charge on any atom is 0.160 e. The molecular formula is C11H9Cl2N3. The molecule has 0 aliphatic carbocycles. The second-order valence-electron chi connectivity index (χ2n) is 3.17. The molecule has 0 fully saturated rings. The normalized spacial score (nSPS) is 10.2. The second kappa shape index (κ2) is 4.68. The van der Waals surface area contributed by atoms with Gasteiger partial charge in [0.15, 0.2) is 5.82 Å². The highest BCUT2D eigenvalue weighted by Crippen LogP contribution is 2.27. The van der Waals surface area contributed by atoms with Crippen LogP contribution in [0.4, 0.5) is 5.69 Å². The molecule has 0 aliphatic heterocycles. The van der Waals surface area contributed by atoms with Gasteiger partial charge >= 0.3 is 0 Å². The summed E-state index contributed by atoms with van der Waals surface area (Å²) in [6, 6.07) is 5.24. The average molecular weight is 254 g/mol. The molecule has 0 saturated carbocycles. The van der Waals surface area contributed by atoms with E-state index < -0.39 is 0 Å². The number of aromatic nitrogens is 2. The van der Waals surface area contributed by atoms with E-state index in [4.69, 9.17) is 23.2 Å². The Kier molecular flexibility index (Phi) is 3.27. The van der Waals surface area contributed by atoms with Crippen molar-refractivity contribution >= 4 is 28.9 Å². The molecule has 1 N–H and O–H groups in total. The van der Waals surface area contributed by atoms with Gasteiger partial charge in [-0.25, -0.2) is 9.97 Å². The molecule has 0 spiro atoms. The van der Waals surface area contributed by atoms with E-state index in [9.17, 15) is 0 Å². The number of halogens is 2. The summed E-state index contributed by atoms with van der Waals surface area (Å²) in [6.07, 6.45) is 3.40. The first-order chi connectivity index (χ1) is 7.70. The van der Waals surface area contributed by atoms with Crippen LogP contribution in [-0.4, -0.2) is 17.0 Å². The summed E-state index contributed by atoms with van der Waals surface area (Å²) in [4.78, 5) is 8.42. The Morgan fingerprint density at radius 3 is 2.38 bits per heavy atom. The van der Waals surface area contributed by atoms with Crippen LogP contribution < -0.4 is 5.32 Å². The van der Waals surface area contributed by atoms with Crippen LogP contribution in [0.1, 0.15) is 0 Å². The highest BCUT2D eigenvalue weighted by molar-refractivity contribution is 6.36. The first-order valence-corrected chi connectivity index (χ1v) is 5.41. The maximum absolute atomic E-state index is 6.06. The van der Waals surface area contributed by atoms with E-state index in [1.54, 1.807) is 30.6 Å². The van der Waals surface area contributed by atoms with Gasteiger partial charge in [0.2, 0.25) is 0 Å².